The van der Waals surface area contributed by atoms with Gasteiger partial charge >= 0.3 is 0 Å². The molecule has 1 aliphatic heterocycles. The molecular formula is C18H19Cl2N7OS2. The molecular weight excluding hydrogens is 465 g/mol. The summed E-state index contributed by atoms with van der Waals surface area (Å²) in [5.74, 6) is 0.0493. The van der Waals surface area contributed by atoms with E-state index in [-0.39, 0.29) is 18.2 Å². The number of piperidine rings is 1. The number of fused-ring (bicyclic) bond motifs is 1. The predicted molar refractivity (Wildman–Crippen MR) is 124 cm³/mol. The second-order valence-corrected chi connectivity index (χ2v) is 9.22. The molecule has 3 N–H and O–H groups in total. The summed E-state index contributed by atoms with van der Waals surface area (Å²) in [5, 5.41) is 22.5. The minimum atomic E-state index is 0. The topological polar surface area (TPSA) is 103 Å². The van der Waals surface area contributed by atoms with E-state index in [1.54, 1.807) is 29.8 Å². The van der Waals surface area contributed by atoms with Crippen LogP contribution in [0.15, 0.2) is 18.5 Å². The number of halogens is 2. The maximum absolute atomic E-state index is 10.5. The molecule has 30 heavy (non-hydrogen) atoms. The first kappa shape index (κ1) is 21.3. The monoisotopic (exact) mass is 483 g/mol. The zero-order chi connectivity index (χ0) is 20.0. The van der Waals surface area contributed by atoms with Gasteiger partial charge in [-0.25, -0.2) is 15.0 Å². The van der Waals surface area contributed by atoms with Crippen molar-refractivity contribution < 1.29 is 5.11 Å². The van der Waals surface area contributed by atoms with E-state index in [0.29, 0.717) is 33.0 Å². The minimum Gasteiger partial charge on any atom is -0.506 e. The molecule has 0 bridgehead atoms. The second-order valence-electron chi connectivity index (χ2n) is 6.91. The average molecular weight is 484 g/mol. The Bertz CT molecular complexity index is 1140. The van der Waals surface area contributed by atoms with Crippen LogP contribution in [0.5, 0.6) is 5.75 Å². The van der Waals surface area contributed by atoms with Crippen molar-refractivity contribution in [2.75, 3.05) is 25.0 Å². The molecule has 0 unspecified atom stereocenters. The van der Waals surface area contributed by atoms with E-state index >= 15 is 0 Å². The molecule has 1 saturated heterocycles. The van der Waals surface area contributed by atoms with Gasteiger partial charge in [-0.05, 0) is 32.0 Å². The summed E-state index contributed by atoms with van der Waals surface area (Å²) in [7, 11) is 2.10. The van der Waals surface area contributed by atoms with E-state index in [1.165, 1.54) is 11.3 Å². The molecule has 0 aliphatic carbocycles. The molecule has 0 spiro atoms. The highest BCUT2D eigenvalue weighted by Crippen LogP contribution is 2.39. The summed E-state index contributed by atoms with van der Waals surface area (Å²) in [6, 6.07) is 2.13. The fraction of sp³-hybridized carbons (Fsp3) is 0.333. The van der Waals surface area contributed by atoms with Crippen LogP contribution in [0.1, 0.15) is 12.8 Å². The molecule has 4 aromatic heterocycles. The Morgan fingerprint density at radius 1 is 1.17 bits per heavy atom. The van der Waals surface area contributed by atoms with Gasteiger partial charge < -0.3 is 15.3 Å². The Hall–Kier alpha value is -1.98. The Kier molecular flexibility index (Phi) is 6.12. The number of nitrogens with zero attached hydrogens (tertiary/aromatic N) is 5. The first-order chi connectivity index (χ1) is 14.1. The van der Waals surface area contributed by atoms with Crippen LogP contribution in [0.2, 0.25) is 5.15 Å². The molecule has 5 rings (SSSR count). The second kappa shape index (κ2) is 8.64. The van der Waals surface area contributed by atoms with Crippen LogP contribution in [0, 0.1) is 0 Å². The van der Waals surface area contributed by atoms with E-state index in [9.17, 15) is 5.11 Å². The van der Waals surface area contributed by atoms with Crippen molar-refractivity contribution >= 4 is 61.5 Å². The summed E-state index contributed by atoms with van der Waals surface area (Å²) in [4.78, 5) is 17.8. The number of thiazole rings is 2. The van der Waals surface area contributed by atoms with Crippen molar-refractivity contribution in [3.05, 3.63) is 23.6 Å². The number of hydrogen-bond acceptors (Lipinski definition) is 9. The summed E-state index contributed by atoms with van der Waals surface area (Å²) in [6.07, 6.45) is 5.49. The molecule has 5 heterocycles. The van der Waals surface area contributed by atoms with Crippen LogP contribution in [-0.4, -0.2) is 56.4 Å². The smallest absolute Gasteiger partial charge is 0.188 e. The highest BCUT2D eigenvalue weighted by atomic mass is 35.5. The van der Waals surface area contributed by atoms with Crippen molar-refractivity contribution in [3.8, 4) is 27.6 Å². The Morgan fingerprint density at radius 3 is 2.60 bits per heavy atom. The summed E-state index contributed by atoms with van der Waals surface area (Å²) in [5.41, 5.74) is 1.82. The Morgan fingerprint density at radius 2 is 1.93 bits per heavy atom. The van der Waals surface area contributed by atoms with Crippen LogP contribution >= 0.6 is 46.7 Å². The van der Waals surface area contributed by atoms with Crippen LogP contribution < -0.4 is 10.2 Å². The molecule has 0 saturated carbocycles. The van der Waals surface area contributed by atoms with Crippen LogP contribution in [0.3, 0.4) is 0 Å². The first-order valence-electron chi connectivity index (χ1n) is 9.19. The van der Waals surface area contributed by atoms with Crippen molar-refractivity contribution in [1.29, 1.82) is 0 Å². The number of hydrogen-bond donors (Lipinski definition) is 3. The number of H-pyrrole nitrogens is 1. The van der Waals surface area contributed by atoms with Gasteiger partial charge in [0.25, 0.3) is 0 Å². The standard InChI is InChI=1S/C18H18ClN7OS2.ClH/c1-26(10-2-4-20-5-3-10)18-24-17-16(29-18)23-15(28-17)13-12(27)6-9(7-21-13)11-8-22-25-14(11)19;/h6-8,10,20,27H,2-5H2,1H3,(H,22,25);1H. The normalized spacial score (nSPS) is 14.7. The Balaban J connectivity index is 0.00000218. The zero-order valence-corrected chi connectivity index (χ0v) is 19.1. The summed E-state index contributed by atoms with van der Waals surface area (Å²) >= 11 is 9.08. The summed E-state index contributed by atoms with van der Waals surface area (Å²) in [6.45, 7) is 2.09. The molecule has 0 radical (unpaired) electrons. The highest BCUT2D eigenvalue weighted by Gasteiger charge is 2.23. The van der Waals surface area contributed by atoms with Gasteiger partial charge in [-0.1, -0.05) is 34.3 Å². The fourth-order valence-electron chi connectivity index (χ4n) is 3.47. The lowest BCUT2D eigenvalue weighted by atomic mass is 10.1. The number of aromatic amines is 1. The van der Waals surface area contributed by atoms with E-state index in [1.807, 2.05) is 0 Å². The maximum atomic E-state index is 10.5. The molecule has 158 valence electrons. The third-order valence-corrected chi connectivity index (χ3v) is 7.51. The van der Waals surface area contributed by atoms with Gasteiger partial charge in [0.2, 0.25) is 0 Å². The van der Waals surface area contributed by atoms with E-state index < -0.39 is 0 Å². The third kappa shape index (κ3) is 3.85. The molecule has 1 aliphatic rings. The lowest BCUT2D eigenvalue weighted by Crippen LogP contribution is -2.41. The fourth-order valence-corrected chi connectivity index (χ4v) is 5.75. The highest BCUT2D eigenvalue weighted by molar-refractivity contribution is 7.29. The quantitative estimate of drug-likeness (QED) is 0.400. The largest absolute Gasteiger partial charge is 0.506 e. The van der Waals surface area contributed by atoms with Gasteiger partial charge in [-0.3, -0.25) is 5.10 Å². The van der Waals surface area contributed by atoms with E-state index in [2.05, 4.69) is 37.4 Å². The lowest BCUT2D eigenvalue weighted by Gasteiger charge is -2.31. The van der Waals surface area contributed by atoms with Gasteiger partial charge in [0, 0.05) is 30.4 Å². The molecule has 0 atom stereocenters. The molecule has 0 amide bonds. The van der Waals surface area contributed by atoms with Crippen LogP contribution in [0.4, 0.5) is 5.13 Å². The number of rotatable bonds is 4. The average Bonchev–Trinajstić information content (AvgIpc) is 3.42. The zero-order valence-electron chi connectivity index (χ0n) is 15.9. The van der Waals surface area contributed by atoms with Gasteiger partial charge in [0.15, 0.2) is 14.8 Å². The first-order valence-corrected chi connectivity index (χ1v) is 11.2. The van der Waals surface area contributed by atoms with Crippen molar-refractivity contribution in [2.45, 2.75) is 18.9 Å². The molecule has 0 aromatic carbocycles. The van der Waals surface area contributed by atoms with Crippen molar-refractivity contribution in [2.24, 2.45) is 0 Å². The summed E-state index contributed by atoms with van der Waals surface area (Å²) < 4.78 is 0. The molecule has 4 aromatic rings. The predicted octanol–water partition coefficient (Wildman–Crippen LogP) is 4.17. The van der Waals surface area contributed by atoms with Crippen molar-refractivity contribution in [1.82, 2.24) is 30.5 Å². The number of aromatic hydroxyl groups is 1. The van der Waals surface area contributed by atoms with Crippen LogP contribution in [0.25, 0.3) is 31.5 Å². The van der Waals surface area contributed by atoms with E-state index in [4.69, 9.17) is 16.6 Å². The van der Waals surface area contributed by atoms with E-state index in [0.717, 1.165) is 40.7 Å². The van der Waals surface area contributed by atoms with Crippen LogP contribution in [-0.2, 0) is 0 Å². The number of nitrogens with one attached hydrogen (secondary N) is 2. The Labute approximate surface area is 191 Å². The maximum Gasteiger partial charge on any atom is 0.188 e. The molecule has 1 fully saturated rings. The number of aromatic nitrogens is 5. The number of anilines is 1. The third-order valence-electron chi connectivity index (χ3n) is 5.10. The lowest BCUT2D eigenvalue weighted by molar-refractivity contribution is 0.443. The van der Waals surface area contributed by atoms with Gasteiger partial charge in [0.05, 0.1) is 6.20 Å². The number of pyridine rings is 1. The van der Waals surface area contributed by atoms with Gasteiger partial charge in [-0.15, -0.1) is 12.4 Å². The van der Waals surface area contributed by atoms with Crippen molar-refractivity contribution in [3.63, 3.8) is 0 Å². The van der Waals surface area contributed by atoms with Gasteiger partial charge in [-0.2, -0.15) is 5.10 Å². The molecule has 12 heteroatoms. The SMILES string of the molecule is CN(c1nc2sc(-c3ncc(-c4cn[nH]c4Cl)cc3O)nc2s1)C1CCNCC1.Cl. The minimum absolute atomic E-state index is 0. The molecule has 8 nitrogen and oxygen atoms in total. The van der Waals surface area contributed by atoms with Gasteiger partial charge in [0.1, 0.15) is 21.6 Å².